The molecular formula is C19H34IN3O. The summed E-state index contributed by atoms with van der Waals surface area (Å²) in [6.07, 6.45) is 9.89. The molecule has 1 spiro atoms. The summed E-state index contributed by atoms with van der Waals surface area (Å²) >= 11 is 0. The van der Waals surface area contributed by atoms with E-state index in [-0.39, 0.29) is 24.0 Å². The van der Waals surface area contributed by atoms with Crippen LogP contribution in [0.5, 0.6) is 0 Å². The zero-order valence-electron chi connectivity index (χ0n) is 15.3. The van der Waals surface area contributed by atoms with Crippen LogP contribution in [-0.2, 0) is 4.74 Å². The average Bonchev–Trinajstić information content (AvgIpc) is 3.19. The fourth-order valence-corrected chi connectivity index (χ4v) is 5.81. The number of nitrogens with zero attached hydrogens (tertiary/aromatic N) is 2. The zero-order valence-corrected chi connectivity index (χ0v) is 17.6. The Bertz CT molecular complexity index is 464. The molecule has 0 amide bonds. The molecule has 0 aromatic rings. The van der Waals surface area contributed by atoms with Crippen molar-refractivity contribution in [1.82, 2.24) is 10.2 Å². The van der Waals surface area contributed by atoms with Crippen LogP contribution in [0.15, 0.2) is 4.99 Å². The summed E-state index contributed by atoms with van der Waals surface area (Å²) < 4.78 is 6.13. The van der Waals surface area contributed by atoms with Gasteiger partial charge < -0.3 is 15.0 Å². The molecule has 4 fully saturated rings. The van der Waals surface area contributed by atoms with E-state index in [1.807, 2.05) is 0 Å². The van der Waals surface area contributed by atoms with Crippen molar-refractivity contribution in [2.75, 3.05) is 26.2 Å². The van der Waals surface area contributed by atoms with Gasteiger partial charge >= 0.3 is 0 Å². The predicted molar refractivity (Wildman–Crippen MR) is 109 cm³/mol. The molecule has 0 aromatic heterocycles. The van der Waals surface area contributed by atoms with Gasteiger partial charge in [0.05, 0.1) is 6.10 Å². The van der Waals surface area contributed by atoms with Crippen LogP contribution >= 0.6 is 24.0 Å². The van der Waals surface area contributed by atoms with Crippen LogP contribution in [0.3, 0.4) is 0 Å². The van der Waals surface area contributed by atoms with Gasteiger partial charge in [-0.25, -0.2) is 0 Å². The molecule has 4 atom stereocenters. The Morgan fingerprint density at radius 2 is 2.04 bits per heavy atom. The second kappa shape index (κ2) is 7.68. The number of guanidine groups is 1. The maximum Gasteiger partial charge on any atom is 0.194 e. The van der Waals surface area contributed by atoms with E-state index in [9.17, 15) is 0 Å². The van der Waals surface area contributed by atoms with E-state index in [4.69, 9.17) is 9.73 Å². The minimum atomic E-state index is 0. The molecule has 4 unspecified atom stereocenters. The standard InChI is InChI=1S/C19H33N3O.HI/c1-3-20-18(22-11-6-7-14(2)13-22)21-16-15-8-12-23-17(15)19(16)9-4-5-10-19;/h14-17H,3-13H2,1-2H3,(H,20,21);1H. The lowest BCUT2D eigenvalue weighted by molar-refractivity contribution is -0.125. The van der Waals surface area contributed by atoms with Crippen molar-refractivity contribution in [2.24, 2.45) is 22.2 Å². The molecule has 0 bridgehead atoms. The summed E-state index contributed by atoms with van der Waals surface area (Å²) in [5.74, 6) is 2.69. The molecule has 5 heteroatoms. The average molecular weight is 447 g/mol. The summed E-state index contributed by atoms with van der Waals surface area (Å²) in [6, 6.07) is 0.597. The predicted octanol–water partition coefficient (Wildman–Crippen LogP) is 3.65. The van der Waals surface area contributed by atoms with E-state index in [2.05, 4.69) is 24.1 Å². The highest BCUT2D eigenvalue weighted by Crippen LogP contribution is 2.60. The van der Waals surface area contributed by atoms with Crippen LogP contribution in [0, 0.1) is 17.3 Å². The van der Waals surface area contributed by atoms with Gasteiger partial charge in [0.15, 0.2) is 5.96 Å². The highest BCUT2D eigenvalue weighted by Gasteiger charge is 2.65. The Kier molecular flexibility index (Phi) is 6.00. The SMILES string of the molecule is CCN=C(NC1C2CCOC2C12CCCC2)N1CCCC(C)C1.I. The molecule has 0 radical (unpaired) electrons. The van der Waals surface area contributed by atoms with E-state index in [0.717, 1.165) is 31.5 Å². The lowest BCUT2D eigenvalue weighted by Gasteiger charge is -2.57. The molecular weight excluding hydrogens is 413 g/mol. The number of ether oxygens (including phenoxy) is 1. The Morgan fingerprint density at radius 3 is 2.75 bits per heavy atom. The minimum absolute atomic E-state index is 0. The number of halogens is 1. The Labute approximate surface area is 164 Å². The van der Waals surface area contributed by atoms with Crippen molar-refractivity contribution >= 4 is 29.9 Å². The van der Waals surface area contributed by atoms with Crippen LogP contribution in [-0.4, -0.2) is 49.2 Å². The van der Waals surface area contributed by atoms with Gasteiger partial charge in [-0.2, -0.15) is 0 Å². The number of nitrogens with one attached hydrogen (secondary N) is 1. The second-order valence-electron chi connectivity index (χ2n) is 8.30. The third kappa shape index (κ3) is 3.08. The number of fused-ring (bicyclic) bond motifs is 2. The lowest BCUT2D eigenvalue weighted by Crippen LogP contribution is -2.69. The molecule has 2 heterocycles. The molecule has 138 valence electrons. The first-order valence-electron chi connectivity index (χ1n) is 9.92. The number of piperidine rings is 1. The summed E-state index contributed by atoms with van der Waals surface area (Å²) in [7, 11) is 0. The van der Waals surface area contributed by atoms with Crippen LogP contribution in [0.4, 0.5) is 0 Å². The van der Waals surface area contributed by atoms with Crippen molar-refractivity contribution in [3.8, 4) is 0 Å². The molecule has 2 aliphatic carbocycles. The maximum atomic E-state index is 6.13. The number of likely N-dealkylation sites (tertiary alicyclic amines) is 1. The Balaban J connectivity index is 0.00000169. The van der Waals surface area contributed by atoms with E-state index in [1.165, 1.54) is 57.5 Å². The third-order valence-corrected chi connectivity index (χ3v) is 6.84. The molecule has 0 aromatic carbocycles. The van der Waals surface area contributed by atoms with E-state index >= 15 is 0 Å². The molecule has 24 heavy (non-hydrogen) atoms. The summed E-state index contributed by atoms with van der Waals surface area (Å²) in [5.41, 5.74) is 0.414. The largest absolute Gasteiger partial charge is 0.377 e. The van der Waals surface area contributed by atoms with Crippen molar-refractivity contribution < 1.29 is 4.74 Å². The van der Waals surface area contributed by atoms with Gasteiger partial charge in [0.2, 0.25) is 0 Å². The summed E-state index contributed by atoms with van der Waals surface area (Å²) in [6.45, 7) is 8.70. The smallest absolute Gasteiger partial charge is 0.194 e. The molecule has 4 rings (SSSR count). The zero-order chi connectivity index (χ0) is 15.9. The highest BCUT2D eigenvalue weighted by atomic mass is 127. The monoisotopic (exact) mass is 447 g/mol. The van der Waals surface area contributed by atoms with Gasteiger partial charge in [-0.3, -0.25) is 4.99 Å². The maximum absolute atomic E-state index is 6.13. The topological polar surface area (TPSA) is 36.9 Å². The third-order valence-electron chi connectivity index (χ3n) is 6.84. The molecule has 2 saturated carbocycles. The molecule has 4 nitrogen and oxygen atoms in total. The molecule has 4 aliphatic rings. The second-order valence-corrected chi connectivity index (χ2v) is 8.30. The van der Waals surface area contributed by atoms with Crippen molar-refractivity contribution in [2.45, 2.75) is 70.9 Å². The van der Waals surface area contributed by atoms with Gasteiger partial charge in [-0.15, -0.1) is 24.0 Å². The van der Waals surface area contributed by atoms with E-state index in [0.29, 0.717) is 17.6 Å². The number of hydrogen-bond acceptors (Lipinski definition) is 2. The van der Waals surface area contributed by atoms with Gasteiger partial charge in [0.1, 0.15) is 0 Å². The van der Waals surface area contributed by atoms with Gasteiger partial charge in [-0.05, 0) is 44.9 Å². The molecule has 2 saturated heterocycles. The molecule has 2 aliphatic heterocycles. The van der Waals surface area contributed by atoms with E-state index in [1.54, 1.807) is 0 Å². The first-order valence-corrected chi connectivity index (χ1v) is 9.92. The fraction of sp³-hybridized carbons (Fsp3) is 0.947. The van der Waals surface area contributed by atoms with Crippen LogP contribution in [0.1, 0.15) is 58.8 Å². The van der Waals surface area contributed by atoms with Crippen molar-refractivity contribution in [3.05, 3.63) is 0 Å². The normalized spacial score (nSPS) is 37.8. The van der Waals surface area contributed by atoms with Gasteiger partial charge in [-0.1, -0.05) is 19.8 Å². The first-order chi connectivity index (χ1) is 11.2. The number of aliphatic imine (C=N–C) groups is 1. The van der Waals surface area contributed by atoms with Crippen LogP contribution in [0.2, 0.25) is 0 Å². The van der Waals surface area contributed by atoms with Crippen LogP contribution < -0.4 is 5.32 Å². The molecule has 1 N–H and O–H groups in total. The quantitative estimate of drug-likeness (QED) is 0.399. The Hall–Kier alpha value is -0.0400. The fourth-order valence-electron chi connectivity index (χ4n) is 5.81. The van der Waals surface area contributed by atoms with Gasteiger partial charge in [0, 0.05) is 43.6 Å². The van der Waals surface area contributed by atoms with E-state index < -0.39 is 0 Å². The number of hydrogen-bond donors (Lipinski definition) is 1. The highest BCUT2D eigenvalue weighted by molar-refractivity contribution is 14.0. The number of rotatable bonds is 2. The summed E-state index contributed by atoms with van der Waals surface area (Å²) in [5, 5.41) is 3.94. The van der Waals surface area contributed by atoms with Gasteiger partial charge in [0.25, 0.3) is 0 Å². The van der Waals surface area contributed by atoms with Crippen molar-refractivity contribution in [1.29, 1.82) is 0 Å². The summed E-state index contributed by atoms with van der Waals surface area (Å²) in [4.78, 5) is 7.38. The Morgan fingerprint density at radius 1 is 1.25 bits per heavy atom. The van der Waals surface area contributed by atoms with Crippen LogP contribution in [0.25, 0.3) is 0 Å². The van der Waals surface area contributed by atoms with Crippen molar-refractivity contribution in [3.63, 3.8) is 0 Å². The first kappa shape index (κ1) is 18.7. The lowest BCUT2D eigenvalue weighted by atomic mass is 9.54. The minimum Gasteiger partial charge on any atom is -0.377 e.